The van der Waals surface area contributed by atoms with Gasteiger partial charge in [0.1, 0.15) is 0 Å². The Balaban J connectivity index is 2.00. The molecule has 0 nitrogen and oxygen atoms in total. The maximum absolute atomic E-state index is 2.49. The van der Waals surface area contributed by atoms with Gasteiger partial charge in [0.15, 0.2) is 0 Å². The van der Waals surface area contributed by atoms with Crippen molar-refractivity contribution in [3.63, 3.8) is 0 Å². The number of hydrogen-bond donors (Lipinski definition) is 0. The Morgan fingerprint density at radius 3 is 1.95 bits per heavy atom. The first-order valence-electron chi connectivity index (χ1n) is 8.47. The van der Waals surface area contributed by atoms with E-state index in [4.69, 9.17) is 0 Å². The molecule has 0 amide bonds. The molecule has 2 fully saturated rings. The van der Waals surface area contributed by atoms with E-state index in [1.807, 2.05) is 0 Å². The van der Waals surface area contributed by atoms with E-state index in [0.29, 0.717) is 0 Å². The summed E-state index contributed by atoms with van der Waals surface area (Å²) in [7, 11) is 0.0623. The average molecular weight is 288 g/mol. The lowest BCUT2D eigenvalue weighted by molar-refractivity contribution is 0.462. The third-order valence-corrected chi connectivity index (χ3v) is 9.21. The first-order chi connectivity index (χ1) is 9.59. The summed E-state index contributed by atoms with van der Waals surface area (Å²) in [6.45, 7) is 9.93. The third-order valence-electron chi connectivity index (χ3n) is 5.83. The van der Waals surface area contributed by atoms with Crippen molar-refractivity contribution in [2.75, 3.05) is 0 Å². The molecule has 0 aromatic heterocycles. The standard InChI is InChI=1S/C19H29P/c1-13-9-10-14(2)19(13)17-7-5-6-8-18(17)20-15(3)11-12-16(20)4/h5-8,13-16,19H,9-12H2,1-4H3/t13-,14-,15-,16-/m1/s1. The van der Waals surface area contributed by atoms with Gasteiger partial charge in [0, 0.05) is 0 Å². The minimum Gasteiger partial charge on any atom is -0.0692 e. The lowest BCUT2D eigenvalue weighted by atomic mass is 9.85. The van der Waals surface area contributed by atoms with Gasteiger partial charge in [-0.3, -0.25) is 0 Å². The van der Waals surface area contributed by atoms with Crippen molar-refractivity contribution in [3.05, 3.63) is 29.8 Å². The largest absolute Gasteiger partial charge is 0.0692 e. The van der Waals surface area contributed by atoms with Crippen LogP contribution in [-0.4, -0.2) is 11.3 Å². The van der Waals surface area contributed by atoms with Crippen molar-refractivity contribution < 1.29 is 0 Å². The van der Waals surface area contributed by atoms with Crippen molar-refractivity contribution in [2.45, 2.75) is 70.6 Å². The molecule has 0 radical (unpaired) electrons. The minimum atomic E-state index is 0.0623. The van der Waals surface area contributed by atoms with Crippen LogP contribution in [0.25, 0.3) is 0 Å². The molecule has 2 aliphatic rings. The molecule has 3 rings (SSSR count). The van der Waals surface area contributed by atoms with Crippen molar-refractivity contribution >= 4 is 13.2 Å². The van der Waals surface area contributed by atoms with E-state index in [1.54, 1.807) is 10.9 Å². The summed E-state index contributed by atoms with van der Waals surface area (Å²) < 4.78 is 0. The number of rotatable bonds is 2. The highest BCUT2D eigenvalue weighted by molar-refractivity contribution is 7.67. The van der Waals surface area contributed by atoms with E-state index in [9.17, 15) is 0 Å². The average Bonchev–Trinajstić information content (AvgIpc) is 2.93. The van der Waals surface area contributed by atoms with Gasteiger partial charge in [-0.2, -0.15) is 0 Å². The molecule has 0 unspecified atom stereocenters. The quantitative estimate of drug-likeness (QED) is 0.629. The van der Waals surface area contributed by atoms with Crippen molar-refractivity contribution in [1.29, 1.82) is 0 Å². The maximum atomic E-state index is 2.49. The molecule has 1 aromatic carbocycles. The summed E-state index contributed by atoms with van der Waals surface area (Å²) in [5.41, 5.74) is 3.57. The second kappa shape index (κ2) is 5.80. The van der Waals surface area contributed by atoms with E-state index < -0.39 is 0 Å². The zero-order chi connectivity index (χ0) is 14.3. The van der Waals surface area contributed by atoms with Gasteiger partial charge >= 0.3 is 0 Å². The molecular formula is C19H29P. The summed E-state index contributed by atoms with van der Waals surface area (Å²) >= 11 is 0. The zero-order valence-electron chi connectivity index (χ0n) is 13.5. The molecule has 1 aliphatic carbocycles. The smallest absolute Gasteiger partial charge is 0.0104 e. The fourth-order valence-corrected chi connectivity index (χ4v) is 8.19. The fourth-order valence-electron chi connectivity index (χ4n) is 4.73. The van der Waals surface area contributed by atoms with Crippen LogP contribution in [0.2, 0.25) is 0 Å². The summed E-state index contributed by atoms with van der Waals surface area (Å²) in [6, 6.07) is 9.48. The van der Waals surface area contributed by atoms with Gasteiger partial charge < -0.3 is 0 Å². The molecule has 1 heteroatoms. The lowest BCUT2D eigenvalue weighted by Gasteiger charge is -2.29. The Kier molecular flexibility index (Phi) is 4.23. The van der Waals surface area contributed by atoms with Gasteiger partial charge in [0.05, 0.1) is 0 Å². The van der Waals surface area contributed by atoms with E-state index in [-0.39, 0.29) is 7.92 Å². The lowest BCUT2D eigenvalue weighted by Crippen LogP contribution is -2.21. The molecule has 0 bridgehead atoms. The van der Waals surface area contributed by atoms with E-state index in [2.05, 4.69) is 52.0 Å². The van der Waals surface area contributed by atoms with Crippen LogP contribution < -0.4 is 5.30 Å². The summed E-state index contributed by atoms with van der Waals surface area (Å²) in [5.74, 6) is 2.55. The van der Waals surface area contributed by atoms with Gasteiger partial charge in [-0.15, -0.1) is 0 Å². The highest BCUT2D eigenvalue weighted by Gasteiger charge is 2.37. The van der Waals surface area contributed by atoms with Crippen LogP contribution in [0, 0.1) is 11.8 Å². The van der Waals surface area contributed by atoms with E-state index in [1.165, 1.54) is 25.7 Å². The first kappa shape index (κ1) is 14.6. The van der Waals surface area contributed by atoms with E-state index >= 15 is 0 Å². The molecular weight excluding hydrogens is 259 g/mol. The Bertz CT molecular complexity index is 404. The van der Waals surface area contributed by atoms with Crippen molar-refractivity contribution in [2.24, 2.45) is 11.8 Å². The minimum absolute atomic E-state index is 0.0623. The second-order valence-corrected chi connectivity index (χ2v) is 10.4. The van der Waals surface area contributed by atoms with Gasteiger partial charge in [-0.1, -0.05) is 59.9 Å². The summed E-state index contributed by atoms with van der Waals surface area (Å²) in [4.78, 5) is 0. The highest BCUT2D eigenvalue weighted by Crippen LogP contribution is 2.56. The SMILES string of the molecule is C[C@@H]1CC[C@@H](C)C1c1ccccc1P1[C@H](C)CC[C@H]1C. The summed E-state index contributed by atoms with van der Waals surface area (Å²) in [5, 5.41) is 1.76. The van der Waals surface area contributed by atoms with Crippen LogP contribution >= 0.6 is 7.92 Å². The molecule has 1 saturated carbocycles. The van der Waals surface area contributed by atoms with Crippen LogP contribution in [0.1, 0.15) is 64.9 Å². The molecule has 1 heterocycles. The monoisotopic (exact) mass is 288 g/mol. The number of hydrogen-bond acceptors (Lipinski definition) is 0. The molecule has 1 aromatic rings. The molecule has 1 aliphatic heterocycles. The van der Waals surface area contributed by atoms with Gasteiger partial charge in [0.2, 0.25) is 0 Å². The fraction of sp³-hybridized carbons (Fsp3) is 0.684. The predicted octanol–water partition coefficient (Wildman–Crippen LogP) is 5.51. The molecule has 0 spiro atoms. The van der Waals surface area contributed by atoms with Crippen LogP contribution in [0.5, 0.6) is 0 Å². The Morgan fingerprint density at radius 1 is 0.800 bits per heavy atom. The van der Waals surface area contributed by atoms with Crippen LogP contribution in [0.4, 0.5) is 0 Å². The van der Waals surface area contributed by atoms with Crippen molar-refractivity contribution in [1.82, 2.24) is 0 Å². The van der Waals surface area contributed by atoms with Crippen LogP contribution in [-0.2, 0) is 0 Å². The van der Waals surface area contributed by atoms with Gasteiger partial charge in [-0.25, -0.2) is 0 Å². The Morgan fingerprint density at radius 2 is 1.35 bits per heavy atom. The first-order valence-corrected chi connectivity index (χ1v) is 9.95. The molecule has 4 atom stereocenters. The Labute approximate surface area is 126 Å². The van der Waals surface area contributed by atoms with Crippen LogP contribution in [0.15, 0.2) is 24.3 Å². The summed E-state index contributed by atoms with van der Waals surface area (Å²) in [6.07, 6.45) is 5.72. The van der Waals surface area contributed by atoms with Crippen LogP contribution in [0.3, 0.4) is 0 Å². The highest BCUT2D eigenvalue weighted by atomic mass is 31.1. The zero-order valence-corrected chi connectivity index (χ0v) is 14.4. The molecule has 1 saturated heterocycles. The number of benzene rings is 1. The van der Waals surface area contributed by atoms with Gasteiger partial charge in [0.25, 0.3) is 0 Å². The van der Waals surface area contributed by atoms with Gasteiger partial charge in [-0.05, 0) is 65.6 Å². The Hall–Kier alpha value is -0.350. The maximum Gasteiger partial charge on any atom is -0.0104 e. The van der Waals surface area contributed by atoms with Crippen molar-refractivity contribution in [3.8, 4) is 0 Å². The molecule has 20 heavy (non-hydrogen) atoms. The second-order valence-electron chi connectivity index (χ2n) is 7.30. The molecule has 0 N–H and O–H groups in total. The topological polar surface area (TPSA) is 0 Å². The molecule has 110 valence electrons. The normalized spacial score (nSPS) is 35.8. The van der Waals surface area contributed by atoms with E-state index in [0.717, 1.165) is 29.1 Å². The third kappa shape index (κ3) is 2.45. The predicted molar refractivity (Wildman–Crippen MR) is 91.5 cm³/mol.